The molecular formula is C33H28ClN3O3. The number of aromatic nitrogens is 2. The first-order valence-corrected chi connectivity index (χ1v) is 13.7. The molecule has 2 heterocycles. The molecule has 1 atom stereocenters. The maximum absolute atomic E-state index is 12.0. The lowest BCUT2D eigenvalue weighted by Crippen LogP contribution is -2.10. The third-order valence-corrected chi connectivity index (χ3v) is 7.28. The fourth-order valence-electron chi connectivity index (χ4n) is 4.57. The Hall–Kier alpha value is -4.42. The number of carbonyl (C=O) groups is 1. The third kappa shape index (κ3) is 5.63. The van der Waals surface area contributed by atoms with Crippen LogP contribution < -0.4 is 5.32 Å². The molecule has 7 heteroatoms. The van der Waals surface area contributed by atoms with Gasteiger partial charge in [0.1, 0.15) is 23.3 Å². The minimum atomic E-state index is -0.259. The molecule has 0 amide bonds. The van der Waals surface area contributed by atoms with Crippen molar-refractivity contribution in [2.24, 2.45) is 5.92 Å². The number of halogens is 1. The van der Waals surface area contributed by atoms with Crippen molar-refractivity contribution in [1.29, 1.82) is 0 Å². The summed E-state index contributed by atoms with van der Waals surface area (Å²) in [5.74, 6) is 1.33. The molecule has 0 saturated heterocycles. The average Bonchev–Trinajstić information content (AvgIpc) is 3.77. The highest BCUT2D eigenvalue weighted by Crippen LogP contribution is 2.35. The molecule has 0 spiro atoms. The summed E-state index contributed by atoms with van der Waals surface area (Å²) in [7, 11) is 0. The predicted molar refractivity (Wildman–Crippen MR) is 157 cm³/mol. The number of nitrogens with zero attached hydrogens (tertiary/aromatic N) is 2. The summed E-state index contributed by atoms with van der Waals surface area (Å²) in [5.41, 5.74) is 7.28. The van der Waals surface area contributed by atoms with Gasteiger partial charge in [-0.15, -0.1) is 0 Å². The van der Waals surface area contributed by atoms with Gasteiger partial charge in [-0.1, -0.05) is 83.5 Å². The molecule has 5 aromatic rings. The van der Waals surface area contributed by atoms with Crippen LogP contribution in [0.4, 0.5) is 11.5 Å². The van der Waals surface area contributed by atoms with Gasteiger partial charge in [0.05, 0.1) is 11.6 Å². The largest absolute Gasteiger partial charge is 0.458 e. The molecule has 0 radical (unpaired) electrons. The lowest BCUT2D eigenvalue weighted by atomic mass is 10.0. The average molecular weight is 550 g/mol. The van der Waals surface area contributed by atoms with Crippen molar-refractivity contribution in [1.82, 2.24) is 10.1 Å². The third-order valence-electron chi connectivity index (χ3n) is 7.05. The second kappa shape index (κ2) is 11.0. The van der Waals surface area contributed by atoms with E-state index in [4.69, 9.17) is 25.8 Å². The fraction of sp³-hybridized carbons (Fsp3) is 0.182. The molecule has 200 valence electrons. The van der Waals surface area contributed by atoms with Crippen LogP contribution in [0.25, 0.3) is 33.7 Å². The van der Waals surface area contributed by atoms with Crippen molar-refractivity contribution >= 4 is 29.1 Å². The van der Waals surface area contributed by atoms with Crippen LogP contribution in [0.3, 0.4) is 0 Å². The molecule has 1 aliphatic carbocycles. The Bertz CT molecular complexity index is 1660. The van der Waals surface area contributed by atoms with E-state index in [-0.39, 0.29) is 18.0 Å². The Kier molecular flexibility index (Phi) is 7.10. The van der Waals surface area contributed by atoms with E-state index in [1.165, 1.54) is 0 Å². The van der Waals surface area contributed by atoms with Gasteiger partial charge in [-0.2, -0.15) is 0 Å². The molecule has 6 rings (SSSR count). The number of carbonyl (C=O) groups excluding carboxylic acids is 1. The molecule has 0 aliphatic heterocycles. The highest BCUT2D eigenvalue weighted by Gasteiger charge is 2.32. The zero-order valence-electron chi connectivity index (χ0n) is 22.2. The van der Waals surface area contributed by atoms with E-state index in [1.807, 2.05) is 80.6 Å². The van der Waals surface area contributed by atoms with Crippen LogP contribution in [0, 0.1) is 12.8 Å². The highest BCUT2D eigenvalue weighted by atomic mass is 35.5. The number of rotatable bonds is 8. The van der Waals surface area contributed by atoms with E-state index in [0.29, 0.717) is 16.6 Å². The number of aryl methyl sites for hydroxylation is 1. The number of esters is 1. The summed E-state index contributed by atoms with van der Waals surface area (Å²) in [6, 6.07) is 29.7. The second-order valence-electron chi connectivity index (χ2n) is 10.1. The van der Waals surface area contributed by atoms with Gasteiger partial charge in [-0.25, -0.2) is 4.98 Å². The van der Waals surface area contributed by atoms with Crippen LogP contribution in [0.5, 0.6) is 0 Å². The molecule has 6 nitrogen and oxygen atoms in total. The van der Waals surface area contributed by atoms with Gasteiger partial charge in [-0.3, -0.25) is 4.79 Å². The number of hydrogen-bond donors (Lipinski definition) is 1. The summed E-state index contributed by atoms with van der Waals surface area (Å²) in [5, 5.41) is 8.26. The van der Waals surface area contributed by atoms with Crippen LogP contribution in [0.2, 0.25) is 5.02 Å². The fourth-order valence-corrected chi connectivity index (χ4v) is 4.76. The van der Waals surface area contributed by atoms with Gasteiger partial charge in [0, 0.05) is 16.1 Å². The van der Waals surface area contributed by atoms with E-state index in [0.717, 1.165) is 57.7 Å². The molecule has 2 aromatic heterocycles. The van der Waals surface area contributed by atoms with Crippen molar-refractivity contribution in [3.63, 3.8) is 0 Å². The number of nitrogens with one attached hydrogen (secondary N) is 1. The van der Waals surface area contributed by atoms with E-state index < -0.39 is 0 Å². The summed E-state index contributed by atoms with van der Waals surface area (Å²) in [6.07, 6.45) is 1.63. The van der Waals surface area contributed by atoms with Crippen molar-refractivity contribution < 1.29 is 14.1 Å². The van der Waals surface area contributed by atoms with Crippen molar-refractivity contribution in [2.45, 2.75) is 32.8 Å². The monoisotopic (exact) mass is 549 g/mol. The normalized spacial score (nSPS) is 13.6. The standard InChI is InChI=1S/C33H28ClN3O3/c1-20-31(36-30-8-4-7-29(35-30)27-5-3-6-28(34)19-27)32(40-37-20)25-15-13-24(14-16-25)23-11-9-22(10-12-23)21(2)39-33(38)26-17-18-26/h3-16,19,21,26H,17-18H2,1-2H3,(H,35,36). The topological polar surface area (TPSA) is 77.2 Å². The van der Waals surface area contributed by atoms with Crippen LogP contribution in [-0.2, 0) is 9.53 Å². The van der Waals surface area contributed by atoms with Crippen molar-refractivity contribution in [2.75, 3.05) is 5.32 Å². The first kappa shape index (κ1) is 25.8. The van der Waals surface area contributed by atoms with Gasteiger partial charge in [0.25, 0.3) is 0 Å². The van der Waals surface area contributed by atoms with Gasteiger partial charge >= 0.3 is 5.97 Å². The molecule has 40 heavy (non-hydrogen) atoms. The molecule has 1 fully saturated rings. The minimum Gasteiger partial charge on any atom is -0.458 e. The Labute approximate surface area is 238 Å². The van der Waals surface area contributed by atoms with Crippen LogP contribution in [0.1, 0.15) is 37.1 Å². The summed E-state index contributed by atoms with van der Waals surface area (Å²) in [4.78, 5) is 16.8. The molecule has 1 aliphatic rings. The summed E-state index contributed by atoms with van der Waals surface area (Å²) >= 11 is 6.18. The number of pyridine rings is 1. The van der Waals surface area contributed by atoms with E-state index in [9.17, 15) is 4.79 Å². The Morgan fingerprint density at radius 2 is 1.60 bits per heavy atom. The van der Waals surface area contributed by atoms with E-state index in [2.05, 4.69) is 34.7 Å². The zero-order chi connectivity index (χ0) is 27.6. The van der Waals surface area contributed by atoms with Crippen LogP contribution in [0.15, 0.2) is 95.5 Å². The van der Waals surface area contributed by atoms with Gasteiger partial charge in [0.15, 0.2) is 5.76 Å². The van der Waals surface area contributed by atoms with Crippen LogP contribution in [-0.4, -0.2) is 16.1 Å². The number of anilines is 2. The van der Waals surface area contributed by atoms with Crippen molar-refractivity contribution in [3.8, 4) is 33.7 Å². The van der Waals surface area contributed by atoms with Gasteiger partial charge < -0.3 is 14.6 Å². The second-order valence-corrected chi connectivity index (χ2v) is 10.5. The Balaban J connectivity index is 1.19. The Morgan fingerprint density at radius 1 is 0.925 bits per heavy atom. The summed E-state index contributed by atoms with van der Waals surface area (Å²) < 4.78 is 11.3. The van der Waals surface area contributed by atoms with Crippen LogP contribution >= 0.6 is 11.6 Å². The Morgan fingerprint density at radius 3 is 2.30 bits per heavy atom. The number of hydrogen-bond acceptors (Lipinski definition) is 6. The maximum Gasteiger partial charge on any atom is 0.309 e. The van der Waals surface area contributed by atoms with Gasteiger partial charge in [-0.05, 0) is 67.6 Å². The highest BCUT2D eigenvalue weighted by molar-refractivity contribution is 6.30. The molecule has 1 saturated carbocycles. The smallest absolute Gasteiger partial charge is 0.309 e. The van der Waals surface area contributed by atoms with Gasteiger partial charge in [0.2, 0.25) is 0 Å². The van der Waals surface area contributed by atoms with E-state index >= 15 is 0 Å². The quantitative estimate of drug-likeness (QED) is 0.195. The predicted octanol–water partition coefficient (Wildman–Crippen LogP) is 8.79. The summed E-state index contributed by atoms with van der Waals surface area (Å²) in [6.45, 7) is 3.81. The van der Waals surface area contributed by atoms with Crippen molar-refractivity contribution in [3.05, 3.63) is 107 Å². The molecular weight excluding hydrogens is 522 g/mol. The minimum absolute atomic E-state index is 0.0896. The zero-order valence-corrected chi connectivity index (χ0v) is 23.0. The molecule has 1 N–H and O–H groups in total. The molecule has 0 bridgehead atoms. The number of benzene rings is 3. The molecule has 1 unspecified atom stereocenters. The van der Waals surface area contributed by atoms with E-state index in [1.54, 1.807) is 0 Å². The lowest BCUT2D eigenvalue weighted by molar-refractivity contribution is -0.150. The first-order valence-electron chi connectivity index (χ1n) is 13.3. The molecule has 3 aromatic carbocycles. The SMILES string of the molecule is Cc1noc(-c2ccc(-c3ccc(C(C)OC(=O)C4CC4)cc3)cc2)c1Nc1cccc(-c2cccc(Cl)c2)n1. The maximum atomic E-state index is 12.0. The lowest BCUT2D eigenvalue weighted by Gasteiger charge is -2.14. The first-order chi connectivity index (χ1) is 19.4. The number of ether oxygens (including phenoxy) is 1.